The first-order valence-electron chi connectivity index (χ1n) is 9.16. The number of carbonyl (C=O) groups excluding carboxylic acids is 1. The second-order valence-corrected chi connectivity index (χ2v) is 8.44. The fraction of sp³-hybridized carbons (Fsp3) is 0.0909. The molecular formula is C22H21N3O5S. The Balaban J connectivity index is 2.02. The van der Waals surface area contributed by atoms with Gasteiger partial charge in [-0.3, -0.25) is 19.3 Å². The molecule has 0 aliphatic carbocycles. The van der Waals surface area contributed by atoms with E-state index in [2.05, 4.69) is 4.98 Å². The van der Waals surface area contributed by atoms with E-state index in [0.29, 0.717) is 28.1 Å². The first-order chi connectivity index (χ1) is 14.9. The van der Waals surface area contributed by atoms with Gasteiger partial charge in [0.15, 0.2) is 0 Å². The van der Waals surface area contributed by atoms with E-state index in [1.165, 1.54) is 32.4 Å². The predicted octanol–water partition coefficient (Wildman–Crippen LogP) is 2.85. The van der Waals surface area contributed by atoms with E-state index in [1.807, 2.05) is 0 Å². The molecule has 160 valence electrons. The van der Waals surface area contributed by atoms with Gasteiger partial charge in [0.2, 0.25) is 0 Å². The molecule has 0 unspecified atom stereocenters. The summed E-state index contributed by atoms with van der Waals surface area (Å²) < 4.78 is 32.4. The third kappa shape index (κ3) is 4.90. The maximum Gasteiger partial charge on any atom is 0.267 e. The SMILES string of the molecule is COc1ccc(S(=O)(=O)N(C)c2cccc(/C(=C\C(=O)NO)c3cccnc3)c2)cc1. The molecule has 0 spiro atoms. The molecule has 3 rings (SSSR count). The number of pyridine rings is 1. The van der Waals surface area contributed by atoms with Gasteiger partial charge in [0, 0.05) is 31.1 Å². The van der Waals surface area contributed by atoms with Gasteiger partial charge in [-0.25, -0.2) is 13.9 Å². The Morgan fingerprint density at radius 1 is 1.10 bits per heavy atom. The Morgan fingerprint density at radius 2 is 1.81 bits per heavy atom. The van der Waals surface area contributed by atoms with Gasteiger partial charge in [0.25, 0.3) is 15.9 Å². The third-order valence-electron chi connectivity index (χ3n) is 4.60. The van der Waals surface area contributed by atoms with Crippen LogP contribution in [0.3, 0.4) is 0 Å². The molecule has 2 aromatic carbocycles. The Labute approximate surface area is 180 Å². The molecule has 3 aromatic rings. The number of ether oxygens (including phenoxy) is 1. The number of hydrogen-bond acceptors (Lipinski definition) is 6. The van der Waals surface area contributed by atoms with E-state index in [1.54, 1.807) is 66.4 Å². The summed E-state index contributed by atoms with van der Waals surface area (Å²) in [7, 11) is -0.869. The molecule has 0 fully saturated rings. The molecule has 31 heavy (non-hydrogen) atoms. The van der Waals surface area contributed by atoms with E-state index < -0.39 is 15.9 Å². The first-order valence-corrected chi connectivity index (χ1v) is 10.6. The fourth-order valence-corrected chi connectivity index (χ4v) is 4.12. The average Bonchev–Trinajstić information content (AvgIpc) is 2.82. The van der Waals surface area contributed by atoms with Gasteiger partial charge in [-0.2, -0.15) is 0 Å². The number of sulfonamides is 1. The zero-order valence-electron chi connectivity index (χ0n) is 16.9. The lowest BCUT2D eigenvalue weighted by Crippen LogP contribution is -2.26. The van der Waals surface area contributed by atoms with E-state index in [4.69, 9.17) is 9.94 Å². The van der Waals surface area contributed by atoms with Crippen molar-refractivity contribution in [1.82, 2.24) is 10.5 Å². The van der Waals surface area contributed by atoms with Crippen molar-refractivity contribution in [2.45, 2.75) is 4.90 Å². The molecule has 0 aliphatic rings. The number of rotatable bonds is 7. The van der Waals surface area contributed by atoms with Crippen LogP contribution in [0.2, 0.25) is 0 Å². The van der Waals surface area contributed by atoms with Crippen LogP contribution in [0.4, 0.5) is 5.69 Å². The summed E-state index contributed by atoms with van der Waals surface area (Å²) in [6, 6.07) is 16.3. The lowest BCUT2D eigenvalue weighted by Gasteiger charge is -2.21. The summed E-state index contributed by atoms with van der Waals surface area (Å²) in [5.74, 6) is -0.166. The maximum atomic E-state index is 13.1. The van der Waals surface area contributed by atoms with E-state index >= 15 is 0 Å². The maximum absolute atomic E-state index is 13.1. The van der Waals surface area contributed by atoms with Gasteiger partial charge in [0.1, 0.15) is 5.75 Å². The first kappa shape index (κ1) is 22.0. The number of amides is 1. The van der Waals surface area contributed by atoms with Gasteiger partial charge in [-0.1, -0.05) is 18.2 Å². The van der Waals surface area contributed by atoms with Crippen LogP contribution in [0.25, 0.3) is 5.57 Å². The molecule has 0 aliphatic heterocycles. The van der Waals surface area contributed by atoms with Crippen LogP contribution < -0.4 is 14.5 Å². The summed E-state index contributed by atoms with van der Waals surface area (Å²) in [6.07, 6.45) is 4.38. The largest absolute Gasteiger partial charge is 0.497 e. The van der Waals surface area contributed by atoms with Crippen molar-refractivity contribution >= 4 is 27.2 Å². The van der Waals surface area contributed by atoms with Gasteiger partial charge >= 0.3 is 0 Å². The van der Waals surface area contributed by atoms with Crippen molar-refractivity contribution in [2.24, 2.45) is 0 Å². The summed E-state index contributed by atoms with van der Waals surface area (Å²) in [6.45, 7) is 0. The van der Waals surface area contributed by atoms with Gasteiger partial charge in [-0.15, -0.1) is 0 Å². The van der Waals surface area contributed by atoms with Gasteiger partial charge in [-0.05, 0) is 53.6 Å². The molecule has 1 heterocycles. The number of aromatic nitrogens is 1. The highest BCUT2D eigenvalue weighted by Gasteiger charge is 2.22. The van der Waals surface area contributed by atoms with E-state index in [9.17, 15) is 13.2 Å². The molecule has 2 N–H and O–H groups in total. The van der Waals surface area contributed by atoms with Crippen LogP contribution in [0, 0.1) is 0 Å². The minimum Gasteiger partial charge on any atom is -0.497 e. The number of carbonyl (C=O) groups is 1. The van der Waals surface area contributed by atoms with Crippen molar-refractivity contribution in [2.75, 3.05) is 18.5 Å². The molecule has 0 atom stereocenters. The number of hydroxylamine groups is 1. The zero-order chi connectivity index (χ0) is 22.4. The molecule has 8 nitrogen and oxygen atoms in total. The Kier molecular flexibility index (Phi) is 6.68. The number of nitrogens with one attached hydrogen (secondary N) is 1. The number of hydrogen-bond donors (Lipinski definition) is 2. The van der Waals surface area contributed by atoms with Gasteiger partial charge < -0.3 is 4.74 Å². The number of benzene rings is 2. The standard InChI is InChI=1S/C22H21N3O5S/c1-25(31(28,29)20-10-8-19(30-2)9-11-20)18-7-3-5-16(13-18)21(14-22(26)24-27)17-6-4-12-23-15-17/h3-15,27H,1-2H3,(H,24,26)/b21-14+. The molecule has 0 bridgehead atoms. The Hall–Kier alpha value is -3.69. The number of methoxy groups -OCH3 is 1. The summed E-state index contributed by atoms with van der Waals surface area (Å²) >= 11 is 0. The lowest BCUT2D eigenvalue weighted by molar-refractivity contribution is -0.124. The normalized spacial score (nSPS) is 11.6. The number of nitrogens with zero attached hydrogens (tertiary/aromatic N) is 2. The van der Waals surface area contributed by atoms with Crippen LogP contribution in [0.5, 0.6) is 5.75 Å². The van der Waals surface area contributed by atoms with Crippen LogP contribution in [0.15, 0.2) is 84.0 Å². The second kappa shape index (κ2) is 9.41. The lowest BCUT2D eigenvalue weighted by atomic mass is 9.98. The minimum absolute atomic E-state index is 0.115. The van der Waals surface area contributed by atoms with Crippen molar-refractivity contribution in [3.05, 3.63) is 90.3 Å². The monoisotopic (exact) mass is 439 g/mol. The molecule has 9 heteroatoms. The number of anilines is 1. The smallest absolute Gasteiger partial charge is 0.267 e. The fourth-order valence-electron chi connectivity index (χ4n) is 2.93. The molecule has 0 saturated heterocycles. The Morgan fingerprint density at radius 3 is 2.42 bits per heavy atom. The van der Waals surface area contributed by atoms with Crippen molar-refractivity contribution < 1.29 is 23.2 Å². The molecule has 1 amide bonds. The highest BCUT2D eigenvalue weighted by molar-refractivity contribution is 7.92. The van der Waals surface area contributed by atoms with Gasteiger partial charge in [0.05, 0.1) is 17.7 Å². The Bertz CT molecular complexity index is 1190. The summed E-state index contributed by atoms with van der Waals surface area (Å²) in [5.41, 5.74) is 3.64. The highest BCUT2D eigenvalue weighted by Crippen LogP contribution is 2.29. The van der Waals surface area contributed by atoms with Crippen LogP contribution >= 0.6 is 0 Å². The van der Waals surface area contributed by atoms with Crippen LogP contribution in [0.1, 0.15) is 11.1 Å². The topological polar surface area (TPSA) is 109 Å². The van der Waals surface area contributed by atoms with E-state index in [-0.39, 0.29) is 4.90 Å². The summed E-state index contributed by atoms with van der Waals surface area (Å²) in [4.78, 5) is 16.0. The van der Waals surface area contributed by atoms with Crippen molar-refractivity contribution in [1.29, 1.82) is 0 Å². The molecule has 1 aromatic heterocycles. The quantitative estimate of drug-likeness (QED) is 0.333. The summed E-state index contributed by atoms with van der Waals surface area (Å²) in [5, 5.41) is 8.93. The molecule has 0 saturated carbocycles. The highest BCUT2D eigenvalue weighted by atomic mass is 32.2. The minimum atomic E-state index is -3.83. The second-order valence-electron chi connectivity index (χ2n) is 6.47. The molecule has 0 radical (unpaired) electrons. The van der Waals surface area contributed by atoms with Crippen molar-refractivity contribution in [3.8, 4) is 5.75 Å². The average molecular weight is 439 g/mol. The van der Waals surface area contributed by atoms with Crippen molar-refractivity contribution in [3.63, 3.8) is 0 Å². The van der Waals surface area contributed by atoms with Crippen LogP contribution in [-0.4, -0.2) is 38.7 Å². The predicted molar refractivity (Wildman–Crippen MR) is 116 cm³/mol. The molecular weight excluding hydrogens is 418 g/mol. The zero-order valence-corrected chi connectivity index (χ0v) is 17.7. The van der Waals surface area contributed by atoms with Crippen LogP contribution in [-0.2, 0) is 14.8 Å². The van der Waals surface area contributed by atoms with E-state index in [0.717, 1.165) is 4.31 Å². The third-order valence-corrected chi connectivity index (χ3v) is 6.40.